The lowest BCUT2D eigenvalue weighted by Gasteiger charge is -2.09. The summed E-state index contributed by atoms with van der Waals surface area (Å²) in [5, 5.41) is 12.7. The van der Waals surface area contributed by atoms with Gasteiger partial charge in [-0.2, -0.15) is 5.26 Å². The third kappa shape index (κ3) is 5.51. The van der Waals surface area contributed by atoms with Gasteiger partial charge in [-0.15, -0.1) is 0 Å². The highest BCUT2D eigenvalue weighted by molar-refractivity contribution is 7.99. The van der Waals surface area contributed by atoms with E-state index >= 15 is 0 Å². The van der Waals surface area contributed by atoms with Crippen LogP contribution < -0.4 is 5.32 Å². The van der Waals surface area contributed by atoms with Gasteiger partial charge in [0.1, 0.15) is 11.6 Å². The normalized spacial score (nSPS) is 11.0. The number of carbonyl (C=O) groups excluding carboxylic acids is 1. The van der Waals surface area contributed by atoms with E-state index in [1.165, 1.54) is 5.56 Å². The Morgan fingerprint density at radius 2 is 1.62 bits per heavy atom. The number of nitriles is 1. The van der Waals surface area contributed by atoms with Crippen LogP contribution >= 0.6 is 23.4 Å². The maximum atomic E-state index is 12.5. The number of halogens is 1. The van der Waals surface area contributed by atoms with Gasteiger partial charge in [0, 0.05) is 20.5 Å². The van der Waals surface area contributed by atoms with Crippen molar-refractivity contribution in [1.29, 1.82) is 5.26 Å². The van der Waals surface area contributed by atoms with E-state index in [2.05, 4.69) is 36.5 Å². The van der Waals surface area contributed by atoms with Gasteiger partial charge in [0.05, 0.1) is 0 Å². The average Bonchev–Trinajstić information content (AvgIpc) is 2.72. The lowest BCUT2D eigenvalue weighted by molar-refractivity contribution is -0.112. The number of aryl methyl sites for hydroxylation is 1. The smallest absolute Gasteiger partial charge is 0.266 e. The molecule has 3 nitrogen and oxygen atoms in total. The summed E-state index contributed by atoms with van der Waals surface area (Å²) in [6.07, 6.45) is 1.58. The Bertz CT molecular complexity index is 1100. The van der Waals surface area contributed by atoms with Crippen molar-refractivity contribution >= 4 is 41.0 Å². The summed E-state index contributed by atoms with van der Waals surface area (Å²) in [6, 6.07) is 23.3. The van der Waals surface area contributed by atoms with Crippen molar-refractivity contribution in [2.45, 2.75) is 23.6 Å². The van der Waals surface area contributed by atoms with Gasteiger partial charge < -0.3 is 5.32 Å². The van der Waals surface area contributed by atoms with Gasteiger partial charge in [0.25, 0.3) is 5.91 Å². The van der Waals surface area contributed by atoms with Gasteiger partial charge in [-0.25, -0.2) is 0 Å². The second kappa shape index (κ2) is 9.47. The zero-order chi connectivity index (χ0) is 20.8. The summed E-state index contributed by atoms with van der Waals surface area (Å²) < 4.78 is 0. The zero-order valence-corrected chi connectivity index (χ0v) is 17.6. The quantitative estimate of drug-likeness (QED) is 0.372. The van der Waals surface area contributed by atoms with E-state index < -0.39 is 5.91 Å². The Morgan fingerprint density at radius 3 is 2.24 bits per heavy atom. The van der Waals surface area contributed by atoms with Crippen LogP contribution in [0, 0.1) is 25.2 Å². The van der Waals surface area contributed by atoms with Crippen LogP contribution in [-0.4, -0.2) is 5.91 Å². The molecule has 3 aromatic carbocycles. The molecule has 0 aliphatic carbocycles. The Balaban J connectivity index is 1.73. The van der Waals surface area contributed by atoms with Gasteiger partial charge in [0.15, 0.2) is 0 Å². The molecule has 0 aromatic heterocycles. The molecule has 0 saturated carbocycles. The molecule has 0 saturated heterocycles. The Morgan fingerprint density at radius 1 is 1.00 bits per heavy atom. The fourth-order valence-electron chi connectivity index (χ4n) is 2.62. The fraction of sp³-hybridized carbons (Fsp3) is 0.0833. The third-order valence-corrected chi connectivity index (χ3v) is 5.75. The topological polar surface area (TPSA) is 52.9 Å². The largest absolute Gasteiger partial charge is 0.321 e. The first-order valence-electron chi connectivity index (χ1n) is 8.99. The minimum atomic E-state index is -0.462. The predicted octanol–water partition coefficient (Wildman–Crippen LogP) is 6.65. The van der Waals surface area contributed by atoms with E-state index in [0.717, 1.165) is 20.9 Å². The van der Waals surface area contributed by atoms with E-state index in [-0.39, 0.29) is 5.57 Å². The molecular weight excluding hydrogens is 400 g/mol. The van der Waals surface area contributed by atoms with Crippen molar-refractivity contribution < 1.29 is 4.79 Å². The van der Waals surface area contributed by atoms with Crippen LogP contribution in [0.3, 0.4) is 0 Å². The molecule has 3 rings (SSSR count). The molecule has 3 aromatic rings. The summed E-state index contributed by atoms with van der Waals surface area (Å²) in [5.74, 6) is -0.462. The molecule has 0 spiro atoms. The van der Waals surface area contributed by atoms with Gasteiger partial charge in [0.2, 0.25) is 0 Å². The number of hydrogen-bond donors (Lipinski definition) is 1. The molecular formula is C24H19ClN2OS. The minimum absolute atomic E-state index is 0.0308. The molecule has 29 heavy (non-hydrogen) atoms. The first kappa shape index (κ1) is 20.7. The predicted molar refractivity (Wildman–Crippen MR) is 120 cm³/mol. The molecule has 0 heterocycles. The fourth-order valence-corrected chi connectivity index (χ4v) is 3.61. The van der Waals surface area contributed by atoms with Gasteiger partial charge >= 0.3 is 0 Å². The van der Waals surface area contributed by atoms with Crippen molar-refractivity contribution in [3.05, 3.63) is 94.0 Å². The molecule has 0 bridgehead atoms. The van der Waals surface area contributed by atoms with Crippen molar-refractivity contribution in [2.75, 3.05) is 5.32 Å². The maximum absolute atomic E-state index is 12.5. The Labute approximate surface area is 180 Å². The van der Waals surface area contributed by atoms with Crippen LogP contribution in [0.2, 0.25) is 5.02 Å². The number of anilines is 1. The second-order valence-corrected chi connectivity index (χ2v) is 8.07. The molecule has 0 aliphatic rings. The van der Waals surface area contributed by atoms with Gasteiger partial charge in [-0.1, -0.05) is 59.3 Å². The summed E-state index contributed by atoms with van der Waals surface area (Å²) >= 11 is 7.75. The number of carbonyl (C=O) groups is 1. The first-order valence-corrected chi connectivity index (χ1v) is 10.2. The van der Waals surface area contributed by atoms with Crippen LogP contribution in [0.4, 0.5) is 5.69 Å². The summed E-state index contributed by atoms with van der Waals surface area (Å²) in [4.78, 5) is 14.7. The zero-order valence-electron chi connectivity index (χ0n) is 16.1. The third-order valence-electron chi connectivity index (χ3n) is 4.33. The Hall–Kier alpha value is -3.00. The first-order chi connectivity index (χ1) is 14.0. The highest BCUT2D eigenvalue weighted by Gasteiger charge is 2.12. The van der Waals surface area contributed by atoms with Crippen molar-refractivity contribution in [2.24, 2.45) is 0 Å². The summed E-state index contributed by atoms with van der Waals surface area (Å²) in [7, 11) is 0. The maximum Gasteiger partial charge on any atom is 0.266 e. The van der Waals surface area contributed by atoms with Crippen molar-refractivity contribution in [3.63, 3.8) is 0 Å². The van der Waals surface area contributed by atoms with E-state index in [1.807, 2.05) is 37.3 Å². The monoisotopic (exact) mass is 418 g/mol. The SMILES string of the molecule is Cc1ccc(Sc2ccc(/C=C(/C#N)C(=O)Nc3cccc(Cl)c3C)cc2)cc1. The van der Waals surface area contributed by atoms with Crippen molar-refractivity contribution in [3.8, 4) is 6.07 Å². The molecule has 0 unspecified atom stereocenters. The highest BCUT2D eigenvalue weighted by Crippen LogP contribution is 2.28. The van der Waals surface area contributed by atoms with Crippen LogP contribution in [0.1, 0.15) is 16.7 Å². The number of nitrogens with one attached hydrogen (secondary N) is 1. The Kier molecular flexibility index (Phi) is 6.77. The molecule has 1 amide bonds. The van der Waals surface area contributed by atoms with E-state index in [4.69, 9.17) is 11.6 Å². The van der Waals surface area contributed by atoms with Crippen LogP contribution in [-0.2, 0) is 4.79 Å². The molecule has 1 N–H and O–H groups in total. The summed E-state index contributed by atoms with van der Waals surface area (Å²) in [6.45, 7) is 3.88. The number of hydrogen-bond acceptors (Lipinski definition) is 3. The number of amides is 1. The van der Waals surface area contributed by atoms with Crippen LogP contribution in [0.25, 0.3) is 6.08 Å². The summed E-state index contributed by atoms with van der Waals surface area (Å²) in [5.41, 5.74) is 3.40. The van der Waals surface area contributed by atoms with E-state index in [9.17, 15) is 10.1 Å². The molecule has 144 valence electrons. The molecule has 0 atom stereocenters. The highest BCUT2D eigenvalue weighted by atomic mass is 35.5. The number of rotatable bonds is 5. The van der Waals surface area contributed by atoms with Gasteiger partial charge in [-0.05, 0) is 67.4 Å². The van der Waals surface area contributed by atoms with Crippen LogP contribution in [0.15, 0.2) is 82.1 Å². The van der Waals surface area contributed by atoms with Gasteiger partial charge in [-0.3, -0.25) is 4.79 Å². The second-order valence-electron chi connectivity index (χ2n) is 6.52. The minimum Gasteiger partial charge on any atom is -0.321 e. The standard InChI is InChI=1S/C24H19ClN2OS/c1-16-6-10-20(11-7-16)29-21-12-8-18(9-13-21)14-19(15-26)24(28)27-23-5-3-4-22(25)17(23)2/h3-14H,1-2H3,(H,27,28)/b19-14-. The molecule has 0 fully saturated rings. The lowest BCUT2D eigenvalue weighted by Crippen LogP contribution is -2.14. The van der Waals surface area contributed by atoms with E-state index in [0.29, 0.717) is 10.7 Å². The molecule has 0 aliphatic heterocycles. The molecule has 5 heteroatoms. The van der Waals surface area contributed by atoms with Crippen LogP contribution in [0.5, 0.6) is 0 Å². The molecule has 0 radical (unpaired) electrons. The van der Waals surface area contributed by atoms with E-state index in [1.54, 1.807) is 36.0 Å². The van der Waals surface area contributed by atoms with Crippen molar-refractivity contribution in [1.82, 2.24) is 0 Å². The average molecular weight is 419 g/mol. The number of nitrogens with zero attached hydrogens (tertiary/aromatic N) is 1. The lowest BCUT2D eigenvalue weighted by atomic mass is 10.1. The number of benzene rings is 3.